The fraction of sp³-hybridized carbons (Fsp3) is 0.111. The molecule has 100 valence electrons. The van der Waals surface area contributed by atoms with Gasteiger partial charge in [0.2, 0.25) is 0 Å². The number of nitrogens with two attached hydrogens (primary N) is 2. The first kappa shape index (κ1) is 12.9. The summed E-state index contributed by atoms with van der Waals surface area (Å²) in [7, 11) is 0. The maximum absolute atomic E-state index is 6.51. The van der Waals surface area contributed by atoms with Crippen molar-refractivity contribution in [1.82, 2.24) is 0 Å². The van der Waals surface area contributed by atoms with Crippen LogP contribution in [0.25, 0.3) is 5.57 Å². The minimum Gasteiger partial charge on any atom is -0.322 e. The second-order valence-corrected chi connectivity index (χ2v) is 5.15. The molecule has 2 aromatic carbocycles. The summed E-state index contributed by atoms with van der Waals surface area (Å²) >= 11 is 0. The van der Waals surface area contributed by atoms with E-state index in [1.54, 1.807) is 0 Å². The molecule has 0 saturated carbocycles. The summed E-state index contributed by atoms with van der Waals surface area (Å²) in [5.74, 6) is 0. The Morgan fingerprint density at radius 2 is 1.45 bits per heavy atom. The maximum atomic E-state index is 6.51. The van der Waals surface area contributed by atoms with Crippen molar-refractivity contribution in [2.45, 2.75) is 11.6 Å². The van der Waals surface area contributed by atoms with Gasteiger partial charge >= 0.3 is 0 Å². The molecule has 0 aromatic heterocycles. The van der Waals surface area contributed by atoms with E-state index in [1.165, 1.54) is 0 Å². The molecule has 20 heavy (non-hydrogen) atoms. The van der Waals surface area contributed by atoms with Crippen LogP contribution in [0.1, 0.15) is 11.1 Å². The Bertz CT molecular complexity index is 644. The molecule has 2 unspecified atom stereocenters. The zero-order valence-electron chi connectivity index (χ0n) is 11.2. The highest BCUT2D eigenvalue weighted by molar-refractivity contribution is 5.76. The Morgan fingerprint density at radius 1 is 0.850 bits per heavy atom. The third-order valence-electron chi connectivity index (χ3n) is 3.83. The van der Waals surface area contributed by atoms with Crippen LogP contribution in [0.4, 0.5) is 0 Å². The standard InChI is InChI=1S/C18H18N2/c19-17-13-15(14-7-3-1-4-8-14)11-12-18(17,20)16-9-5-2-6-10-16/h1-13,17H,19-20H2. The van der Waals surface area contributed by atoms with Crippen LogP contribution >= 0.6 is 0 Å². The average Bonchev–Trinajstić information content (AvgIpc) is 2.52. The smallest absolute Gasteiger partial charge is 0.0789 e. The lowest BCUT2D eigenvalue weighted by Gasteiger charge is -2.34. The van der Waals surface area contributed by atoms with E-state index in [1.807, 2.05) is 60.7 Å². The fourth-order valence-electron chi connectivity index (χ4n) is 2.56. The summed E-state index contributed by atoms with van der Waals surface area (Å²) < 4.78 is 0. The topological polar surface area (TPSA) is 52.0 Å². The lowest BCUT2D eigenvalue weighted by Crippen LogP contribution is -2.51. The van der Waals surface area contributed by atoms with Crippen molar-refractivity contribution < 1.29 is 0 Å². The molecule has 2 nitrogen and oxygen atoms in total. The van der Waals surface area contributed by atoms with Crippen LogP contribution in [0.2, 0.25) is 0 Å². The zero-order valence-corrected chi connectivity index (χ0v) is 11.2. The van der Waals surface area contributed by atoms with Gasteiger partial charge in [0, 0.05) is 6.04 Å². The summed E-state index contributed by atoms with van der Waals surface area (Å²) in [6.45, 7) is 0. The van der Waals surface area contributed by atoms with Crippen LogP contribution in [-0.4, -0.2) is 6.04 Å². The molecule has 2 heteroatoms. The Kier molecular flexibility index (Phi) is 3.26. The minimum absolute atomic E-state index is 0.245. The van der Waals surface area contributed by atoms with Crippen molar-refractivity contribution in [3.05, 3.63) is 90.0 Å². The van der Waals surface area contributed by atoms with E-state index in [4.69, 9.17) is 11.5 Å². The van der Waals surface area contributed by atoms with Crippen molar-refractivity contribution in [1.29, 1.82) is 0 Å². The molecule has 2 aromatic rings. The summed E-state index contributed by atoms with van der Waals surface area (Å²) in [6.07, 6.45) is 6.11. The van der Waals surface area contributed by atoms with E-state index < -0.39 is 5.54 Å². The van der Waals surface area contributed by atoms with Gasteiger partial charge in [-0.3, -0.25) is 0 Å². The van der Waals surface area contributed by atoms with Crippen molar-refractivity contribution in [3.8, 4) is 0 Å². The first-order chi connectivity index (χ1) is 9.70. The lowest BCUT2D eigenvalue weighted by atomic mass is 9.79. The van der Waals surface area contributed by atoms with Crippen LogP contribution < -0.4 is 11.5 Å². The summed E-state index contributed by atoms with van der Waals surface area (Å²) in [5, 5.41) is 0. The molecule has 0 aliphatic heterocycles. The Morgan fingerprint density at radius 3 is 2.05 bits per heavy atom. The van der Waals surface area contributed by atoms with Gasteiger partial charge in [-0.15, -0.1) is 0 Å². The average molecular weight is 262 g/mol. The van der Waals surface area contributed by atoms with Crippen LogP contribution in [0.5, 0.6) is 0 Å². The second kappa shape index (κ2) is 5.08. The second-order valence-electron chi connectivity index (χ2n) is 5.15. The molecule has 0 saturated heterocycles. The van der Waals surface area contributed by atoms with E-state index >= 15 is 0 Å². The van der Waals surface area contributed by atoms with Crippen LogP contribution in [0.15, 0.2) is 78.9 Å². The van der Waals surface area contributed by atoms with Crippen LogP contribution in [0, 0.1) is 0 Å². The van der Waals surface area contributed by atoms with Gasteiger partial charge < -0.3 is 11.5 Å². The molecular weight excluding hydrogens is 244 g/mol. The fourth-order valence-corrected chi connectivity index (χ4v) is 2.56. The predicted molar refractivity (Wildman–Crippen MR) is 83.8 cm³/mol. The van der Waals surface area contributed by atoms with Crippen molar-refractivity contribution in [2.24, 2.45) is 11.5 Å². The van der Waals surface area contributed by atoms with Gasteiger partial charge in [-0.2, -0.15) is 0 Å². The lowest BCUT2D eigenvalue weighted by molar-refractivity contribution is 0.494. The normalized spacial score (nSPS) is 25.3. The highest BCUT2D eigenvalue weighted by Gasteiger charge is 2.32. The Hall–Kier alpha value is -2.16. The Labute approximate surface area is 119 Å². The number of hydrogen-bond acceptors (Lipinski definition) is 2. The first-order valence-corrected chi connectivity index (χ1v) is 6.76. The third-order valence-corrected chi connectivity index (χ3v) is 3.83. The molecule has 2 atom stereocenters. The van der Waals surface area contributed by atoms with Crippen LogP contribution in [-0.2, 0) is 5.54 Å². The van der Waals surface area contributed by atoms with Gasteiger partial charge in [-0.05, 0) is 16.7 Å². The van der Waals surface area contributed by atoms with E-state index in [0.29, 0.717) is 0 Å². The van der Waals surface area contributed by atoms with E-state index in [0.717, 1.165) is 16.7 Å². The maximum Gasteiger partial charge on any atom is 0.0789 e. The van der Waals surface area contributed by atoms with E-state index in [-0.39, 0.29) is 6.04 Å². The largest absolute Gasteiger partial charge is 0.322 e. The molecule has 3 rings (SSSR count). The molecule has 0 amide bonds. The van der Waals surface area contributed by atoms with Gasteiger partial charge in [0.15, 0.2) is 0 Å². The van der Waals surface area contributed by atoms with Crippen molar-refractivity contribution in [2.75, 3.05) is 0 Å². The number of benzene rings is 2. The Balaban J connectivity index is 1.95. The van der Waals surface area contributed by atoms with Gasteiger partial charge in [-0.25, -0.2) is 0 Å². The summed E-state index contributed by atoms with van der Waals surface area (Å²) in [6, 6.07) is 20.0. The molecular formula is C18H18N2. The highest BCUT2D eigenvalue weighted by atomic mass is 14.8. The summed E-state index contributed by atoms with van der Waals surface area (Å²) in [5.41, 5.74) is 15.5. The van der Waals surface area contributed by atoms with Gasteiger partial charge in [-0.1, -0.05) is 78.9 Å². The predicted octanol–water partition coefficient (Wildman–Crippen LogP) is 2.82. The number of rotatable bonds is 2. The van der Waals surface area contributed by atoms with E-state index in [9.17, 15) is 0 Å². The number of hydrogen-bond donors (Lipinski definition) is 2. The molecule has 0 radical (unpaired) electrons. The molecule has 0 spiro atoms. The molecule has 0 fully saturated rings. The van der Waals surface area contributed by atoms with E-state index in [2.05, 4.69) is 18.2 Å². The first-order valence-electron chi connectivity index (χ1n) is 6.76. The third kappa shape index (κ3) is 2.20. The minimum atomic E-state index is -0.639. The SMILES string of the molecule is NC1C=C(c2ccccc2)C=CC1(N)c1ccccc1. The highest BCUT2D eigenvalue weighted by Crippen LogP contribution is 2.31. The zero-order chi connectivity index (χ0) is 14.0. The monoisotopic (exact) mass is 262 g/mol. The van der Waals surface area contributed by atoms with Gasteiger partial charge in [0.25, 0.3) is 0 Å². The molecule has 0 heterocycles. The molecule has 1 aliphatic carbocycles. The molecule has 4 N–H and O–H groups in total. The number of allylic oxidation sites excluding steroid dienone is 2. The molecule has 1 aliphatic rings. The quantitative estimate of drug-likeness (QED) is 0.874. The molecule has 0 bridgehead atoms. The van der Waals surface area contributed by atoms with Crippen molar-refractivity contribution >= 4 is 5.57 Å². The summed E-state index contributed by atoms with van der Waals surface area (Å²) in [4.78, 5) is 0. The van der Waals surface area contributed by atoms with Crippen molar-refractivity contribution in [3.63, 3.8) is 0 Å². The van der Waals surface area contributed by atoms with Gasteiger partial charge in [0.1, 0.15) is 0 Å². The van der Waals surface area contributed by atoms with Crippen LogP contribution in [0.3, 0.4) is 0 Å². The van der Waals surface area contributed by atoms with Gasteiger partial charge in [0.05, 0.1) is 5.54 Å².